The fourth-order valence-electron chi connectivity index (χ4n) is 1.33. The van der Waals surface area contributed by atoms with E-state index in [1.165, 1.54) is 5.56 Å². The molecular weight excluding hydrogens is 198 g/mol. The maximum Gasteiger partial charge on any atom is 0.187 e. The molecule has 0 saturated carbocycles. The third kappa shape index (κ3) is 2.40. The summed E-state index contributed by atoms with van der Waals surface area (Å²) in [6, 6.07) is 15.0. The molecule has 2 rings (SSSR count). The van der Waals surface area contributed by atoms with Gasteiger partial charge in [0.2, 0.25) is 0 Å². The highest BCUT2D eigenvalue weighted by Gasteiger charge is 1.97. The van der Waals surface area contributed by atoms with E-state index in [2.05, 4.69) is 4.85 Å². The standard InChI is InChI=1S/C14H11NO/c1-11-3-7-13(8-4-11)16-14-9-5-12(15-2)6-10-14/h3-10H,1H3. The Bertz CT molecular complexity index is 506. The van der Waals surface area contributed by atoms with E-state index >= 15 is 0 Å². The third-order valence-electron chi connectivity index (χ3n) is 2.22. The monoisotopic (exact) mass is 209 g/mol. The summed E-state index contributed by atoms with van der Waals surface area (Å²) in [7, 11) is 0. The molecule has 0 aliphatic heterocycles. The van der Waals surface area contributed by atoms with Crippen LogP contribution >= 0.6 is 0 Å². The molecule has 16 heavy (non-hydrogen) atoms. The smallest absolute Gasteiger partial charge is 0.187 e. The van der Waals surface area contributed by atoms with E-state index in [1.807, 2.05) is 31.2 Å². The quantitative estimate of drug-likeness (QED) is 0.671. The molecule has 78 valence electrons. The van der Waals surface area contributed by atoms with Gasteiger partial charge in [0.1, 0.15) is 11.5 Å². The minimum absolute atomic E-state index is 0.622. The minimum Gasteiger partial charge on any atom is -0.457 e. The van der Waals surface area contributed by atoms with Crippen LogP contribution in [-0.2, 0) is 0 Å². The van der Waals surface area contributed by atoms with E-state index in [4.69, 9.17) is 11.3 Å². The average molecular weight is 209 g/mol. The molecule has 2 aromatic carbocycles. The predicted octanol–water partition coefficient (Wildman–Crippen LogP) is 4.34. The van der Waals surface area contributed by atoms with Crippen molar-refractivity contribution in [2.75, 3.05) is 0 Å². The number of hydrogen-bond acceptors (Lipinski definition) is 1. The molecular formula is C14H11NO. The van der Waals surface area contributed by atoms with Crippen molar-refractivity contribution in [1.82, 2.24) is 0 Å². The van der Waals surface area contributed by atoms with E-state index in [0.29, 0.717) is 5.69 Å². The first-order valence-electron chi connectivity index (χ1n) is 5.00. The molecule has 2 heteroatoms. The zero-order valence-electron chi connectivity index (χ0n) is 8.97. The Morgan fingerprint density at radius 3 is 1.88 bits per heavy atom. The van der Waals surface area contributed by atoms with E-state index in [0.717, 1.165) is 11.5 Å². The van der Waals surface area contributed by atoms with Crippen LogP contribution in [0.1, 0.15) is 5.56 Å². The van der Waals surface area contributed by atoms with Crippen molar-refractivity contribution in [2.24, 2.45) is 0 Å². The summed E-state index contributed by atoms with van der Waals surface area (Å²) in [6.07, 6.45) is 0. The number of rotatable bonds is 2. The maximum atomic E-state index is 6.84. The van der Waals surface area contributed by atoms with Crippen LogP contribution in [0.4, 0.5) is 5.69 Å². The van der Waals surface area contributed by atoms with Gasteiger partial charge in [-0.05, 0) is 31.2 Å². The van der Waals surface area contributed by atoms with Gasteiger partial charge in [-0.25, -0.2) is 4.85 Å². The molecule has 0 bridgehead atoms. The lowest BCUT2D eigenvalue weighted by molar-refractivity contribution is 0.482. The first-order valence-corrected chi connectivity index (χ1v) is 5.00. The van der Waals surface area contributed by atoms with Gasteiger partial charge < -0.3 is 4.74 Å². The van der Waals surface area contributed by atoms with Crippen LogP contribution in [0.25, 0.3) is 4.85 Å². The largest absolute Gasteiger partial charge is 0.457 e. The highest BCUT2D eigenvalue weighted by molar-refractivity contribution is 5.47. The number of ether oxygens (including phenoxy) is 1. The van der Waals surface area contributed by atoms with Gasteiger partial charge in [0.05, 0.1) is 6.57 Å². The molecule has 0 aromatic heterocycles. The second kappa shape index (κ2) is 4.50. The normalized spacial score (nSPS) is 9.50. The Balaban J connectivity index is 2.15. The maximum absolute atomic E-state index is 6.84. The van der Waals surface area contributed by atoms with Gasteiger partial charge in [0.15, 0.2) is 5.69 Å². The van der Waals surface area contributed by atoms with Crippen molar-refractivity contribution in [3.05, 3.63) is 65.5 Å². The van der Waals surface area contributed by atoms with Crippen LogP contribution in [0.3, 0.4) is 0 Å². The van der Waals surface area contributed by atoms with Crippen LogP contribution in [0.5, 0.6) is 11.5 Å². The Hall–Kier alpha value is -2.27. The first-order chi connectivity index (χ1) is 7.78. The lowest BCUT2D eigenvalue weighted by Crippen LogP contribution is -1.83. The summed E-state index contributed by atoms with van der Waals surface area (Å²) >= 11 is 0. The van der Waals surface area contributed by atoms with Crippen molar-refractivity contribution in [3.8, 4) is 11.5 Å². The molecule has 0 unspecified atom stereocenters. The molecule has 0 atom stereocenters. The highest BCUT2D eigenvalue weighted by atomic mass is 16.5. The Kier molecular flexibility index (Phi) is 2.88. The predicted molar refractivity (Wildman–Crippen MR) is 64.0 cm³/mol. The third-order valence-corrected chi connectivity index (χ3v) is 2.22. The fourth-order valence-corrected chi connectivity index (χ4v) is 1.33. The van der Waals surface area contributed by atoms with Gasteiger partial charge in [-0.2, -0.15) is 0 Å². The number of hydrogen-bond donors (Lipinski definition) is 0. The number of benzene rings is 2. The summed E-state index contributed by atoms with van der Waals surface area (Å²) in [4.78, 5) is 3.32. The van der Waals surface area contributed by atoms with Crippen molar-refractivity contribution in [1.29, 1.82) is 0 Å². The van der Waals surface area contributed by atoms with Gasteiger partial charge in [0, 0.05) is 0 Å². The van der Waals surface area contributed by atoms with Crippen molar-refractivity contribution >= 4 is 5.69 Å². The van der Waals surface area contributed by atoms with E-state index < -0.39 is 0 Å². The molecule has 0 saturated heterocycles. The molecule has 0 N–H and O–H groups in total. The summed E-state index contributed by atoms with van der Waals surface area (Å²) in [5, 5.41) is 0. The molecule has 0 aliphatic rings. The first kappa shape index (κ1) is 10.3. The van der Waals surface area contributed by atoms with Gasteiger partial charge in [-0.1, -0.05) is 29.8 Å². The lowest BCUT2D eigenvalue weighted by atomic mass is 10.2. The Labute approximate surface area is 94.9 Å². The zero-order valence-corrected chi connectivity index (χ0v) is 8.97. The van der Waals surface area contributed by atoms with Crippen molar-refractivity contribution < 1.29 is 4.74 Å². The fraction of sp³-hybridized carbons (Fsp3) is 0.0714. The van der Waals surface area contributed by atoms with Gasteiger partial charge in [0.25, 0.3) is 0 Å². The summed E-state index contributed by atoms with van der Waals surface area (Å²) in [5.74, 6) is 1.55. The molecule has 2 nitrogen and oxygen atoms in total. The van der Waals surface area contributed by atoms with Gasteiger partial charge >= 0.3 is 0 Å². The van der Waals surface area contributed by atoms with E-state index in [1.54, 1.807) is 24.3 Å². The molecule has 0 amide bonds. The van der Waals surface area contributed by atoms with Crippen LogP contribution in [0.2, 0.25) is 0 Å². The summed E-state index contributed by atoms with van der Waals surface area (Å²) in [5.41, 5.74) is 1.83. The number of nitrogens with zero attached hydrogens (tertiary/aromatic N) is 1. The average Bonchev–Trinajstić information content (AvgIpc) is 2.33. The summed E-state index contributed by atoms with van der Waals surface area (Å²) in [6.45, 7) is 8.88. The molecule has 0 radical (unpaired) electrons. The van der Waals surface area contributed by atoms with Crippen LogP contribution in [0, 0.1) is 13.5 Å². The highest BCUT2D eigenvalue weighted by Crippen LogP contribution is 2.23. The molecule has 0 aliphatic carbocycles. The van der Waals surface area contributed by atoms with Crippen LogP contribution in [-0.4, -0.2) is 0 Å². The SMILES string of the molecule is [C-]#[N+]c1ccc(Oc2ccc(C)cc2)cc1. The zero-order chi connectivity index (χ0) is 11.4. The second-order valence-electron chi connectivity index (χ2n) is 3.52. The van der Waals surface area contributed by atoms with Crippen LogP contribution in [0.15, 0.2) is 48.5 Å². The Morgan fingerprint density at radius 2 is 1.38 bits per heavy atom. The van der Waals surface area contributed by atoms with Gasteiger partial charge in [-0.15, -0.1) is 0 Å². The van der Waals surface area contributed by atoms with E-state index in [-0.39, 0.29) is 0 Å². The lowest BCUT2D eigenvalue weighted by Gasteiger charge is -2.05. The number of aryl methyl sites for hydroxylation is 1. The van der Waals surface area contributed by atoms with Crippen molar-refractivity contribution in [3.63, 3.8) is 0 Å². The second-order valence-corrected chi connectivity index (χ2v) is 3.52. The van der Waals surface area contributed by atoms with E-state index in [9.17, 15) is 0 Å². The Morgan fingerprint density at radius 1 is 0.875 bits per heavy atom. The van der Waals surface area contributed by atoms with Crippen molar-refractivity contribution in [2.45, 2.75) is 6.92 Å². The minimum atomic E-state index is 0.622. The summed E-state index contributed by atoms with van der Waals surface area (Å²) < 4.78 is 5.63. The molecule has 0 heterocycles. The molecule has 0 spiro atoms. The van der Waals surface area contributed by atoms with Crippen LogP contribution < -0.4 is 4.74 Å². The topological polar surface area (TPSA) is 13.6 Å². The van der Waals surface area contributed by atoms with Gasteiger partial charge in [-0.3, -0.25) is 0 Å². The molecule has 2 aromatic rings. The molecule has 0 fully saturated rings.